The van der Waals surface area contributed by atoms with Crippen LogP contribution in [0, 0.1) is 6.92 Å². The van der Waals surface area contributed by atoms with Gasteiger partial charge in [0.25, 0.3) is 5.91 Å². The molecule has 1 aromatic carbocycles. The highest BCUT2D eigenvalue weighted by atomic mass is 16.1. The van der Waals surface area contributed by atoms with Crippen molar-refractivity contribution in [1.29, 1.82) is 0 Å². The predicted octanol–water partition coefficient (Wildman–Crippen LogP) is 1.49. The maximum atomic E-state index is 12.2. The average Bonchev–Trinajstić information content (AvgIpc) is 2.92. The molecule has 1 fully saturated rings. The molecule has 20 heavy (non-hydrogen) atoms. The number of likely N-dealkylation sites (N-methyl/N-ethyl adjacent to an activating group) is 1. The van der Waals surface area contributed by atoms with Crippen LogP contribution in [0.3, 0.4) is 0 Å². The molecule has 1 unspecified atom stereocenters. The fraction of sp³-hybridized carbons (Fsp3) is 0.533. The first kappa shape index (κ1) is 14.8. The number of nitrogen functional groups attached to an aromatic ring is 1. The number of nitrogens with zero attached hydrogens (tertiary/aromatic N) is 1. The third-order valence-electron chi connectivity index (χ3n) is 4.05. The molecule has 0 radical (unpaired) electrons. The molecule has 110 valence electrons. The summed E-state index contributed by atoms with van der Waals surface area (Å²) >= 11 is 0. The van der Waals surface area contributed by atoms with E-state index in [2.05, 4.69) is 22.6 Å². The van der Waals surface area contributed by atoms with Gasteiger partial charge in [0, 0.05) is 18.2 Å². The number of amides is 1. The summed E-state index contributed by atoms with van der Waals surface area (Å²) in [7, 11) is 0. The molecule has 1 aromatic rings. The van der Waals surface area contributed by atoms with E-state index >= 15 is 0 Å². The minimum Gasteiger partial charge on any atom is -0.350 e. The van der Waals surface area contributed by atoms with Gasteiger partial charge in [-0.2, -0.15) is 0 Å². The molecule has 1 amide bonds. The highest BCUT2D eigenvalue weighted by Crippen LogP contribution is 2.17. The quantitative estimate of drug-likeness (QED) is 0.563. The molecule has 1 aliphatic heterocycles. The second-order valence-electron chi connectivity index (χ2n) is 5.31. The van der Waals surface area contributed by atoms with Gasteiger partial charge in [-0.3, -0.25) is 15.5 Å². The smallest absolute Gasteiger partial charge is 0.251 e. The van der Waals surface area contributed by atoms with Crippen LogP contribution in [0.2, 0.25) is 0 Å². The SMILES string of the molecule is CCN1CCCC1CNC(=O)c1ccc(NN)c(C)c1. The van der Waals surface area contributed by atoms with Crippen LogP contribution in [-0.2, 0) is 0 Å². The van der Waals surface area contributed by atoms with Crippen LogP contribution in [-0.4, -0.2) is 36.5 Å². The van der Waals surface area contributed by atoms with E-state index < -0.39 is 0 Å². The Morgan fingerprint density at radius 1 is 1.50 bits per heavy atom. The number of likely N-dealkylation sites (tertiary alicyclic amines) is 1. The summed E-state index contributed by atoms with van der Waals surface area (Å²) in [6.45, 7) is 7.02. The van der Waals surface area contributed by atoms with Gasteiger partial charge in [0.2, 0.25) is 0 Å². The molecule has 0 saturated carbocycles. The molecule has 1 atom stereocenters. The summed E-state index contributed by atoms with van der Waals surface area (Å²) in [5.41, 5.74) is 5.11. The Balaban J connectivity index is 1.93. The molecule has 2 rings (SSSR count). The van der Waals surface area contributed by atoms with Gasteiger partial charge in [0.15, 0.2) is 0 Å². The number of hydrazine groups is 1. The lowest BCUT2D eigenvalue weighted by Gasteiger charge is -2.22. The largest absolute Gasteiger partial charge is 0.350 e. The molecule has 1 saturated heterocycles. The van der Waals surface area contributed by atoms with E-state index in [4.69, 9.17) is 5.84 Å². The van der Waals surface area contributed by atoms with Crippen LogP contribution < -0.4 is 16.6 Å². The number of rotatable bonds is 5. The van der Waals surface area contributed by atoms with Crippen molar-refractivity contribution >= 4 is 11.6 Å². The second kappa shape index (κ2) is 6.72. The minimum absolute atomic E-state index is 0.0142. The average molecular weight is 276 g/mol. The molecular formula is C15H24N4O. The number of carbonyl (C=O) groups excluding carboxylic acids is 1. The van der Waals surface area contributed by atoms with Crippen molar-refractivity contribution in [3.05, 3.63) is 29.3 Å². The Morgan fingerprint density at radius 3 is 2.95 bits per heavy atom. The Morgan fingerprint density at radius 2 is 2.30 bits per heavy atom. The Kier molecular flexibility index (Phi) is 4.98. The van der Waals surface area contributed by atoms with Gasteiger partial charge in [-0.1, -0.05) is 6.92 Å². The highest BCUT2D eigenvalue weighted by molar-refractivity contribution is 5.94. The van der Waals surface area contributed by atoms with Crippen molar-refractivity contribution in [1.82, 2.24) is 10.2 Å². The van der Waals surface area contributed by atoms with Crippen LogP contribution in [0.4, 0.5) is 5.69 Å². The van der Waals surface area contributed by atoms with Crippen molar-refractivity contribution in [3.8, 4) is 0 Å². The van der Waals surface area contributed by atoms with E-state index in [1.165, 1.54) is 12.8 Å². The number of aryl methyl sites for hydroxylation is 1. The number of benzene rings is 1. The molecule has 0 spiro atoms. The van der Waals surface area contributed by atoms with E-state index in [1.54, 1.807) is 6.07 Å². The maximum Gasteiger partial charge on any atom is 0.251 e. The van der Waals surface area contributed by atoms with Gasteiger partial charge in [0.1, 0.15) is 0 Å². The summed E-state index contributed by atoms with van der Waals surface area (Å²) < 4.78 is 0. The highest BCUT2D eigenvalue weighted by Gasteiger charge is 2.23. The van der Waals surface area contributed by atoms with Crippen LogP contribution >= 0.6 is 0 Å². The number of hydrogen-bond donors (Lipinski definition) is 3. The van der Waals surface area contributed by atoms with Crippen molar-refractivity contribution in [2.75, 3.05) is 25.1 Å². The normalized spacial score (nSPS) is 19.1. The molecular weight excluding hydrogens is 252 g/mol. The van der Waals surface area contributed by atoms with Crippen molar-refractivity contribution in [2.45, 2.75) is 32.7 Å². The van der Waals surface area contributed by atoms with E-state index in [1.807, 2.05) is 19.1 Å². The lowest BCUT2D eigenvalue weighted by molar-refractivity contribution is 0.0941. The van der Waals surface area contributed by atoms with Gasteiger partial charge >= 0.3 is 0 Å². The maximum absolute atomic E-state index is 12.2. The van der Waals surface area contributed by atoms with Crippen molar-refractivity contribution in [3.63, 3.8) is 0 Å². The Labute approximate surface area is 120 Å². The monoisotopic (exact) mass is 276 g/mol. The topological polar surface area (TPSA) is 70.4 Å². The lowest BCUT2D eigenvalue weighted by atomic mass is 10.1. The zero-order chi connectivity index (χ0) is 14.5. The number of carbonyl (C=O) groups is 1. The molecule has 0 aliphatic carbocycles. The lowest BCUT2D eigenvalue weighted by Crippen LogP contribution is -2.40. The van der Waals surface area contributed by atoms with Gasteiger partial charge in [0.05, 0.1) is 5.69 Å². The Hall–Kier alpha value is -1.59. The molecule has 5 nitrogen and oxygen atoms in total. The summed E-state index contributed by atoms with van der Waals surface area (Å²) in [5, 5.41) is 3.04. The van der Waals surface area contributed by atoms with Crippen LogP contribution in [0.5, 0.6) is 0 Å². The van der Waals surface area contributed by atoms with Gasteiger partial charge in [-0.05, 0) is 56.6 Å². The minimum atomic E-state index is -0.0142. The van der Waals surface area contributed by atoms with Crippen LogP contribution in [0.15, 0.2) is 18.2 Å². The zero-order valence-corrected chi connectivity index (χ0v) is 12.3. The number of anilines is 1. The van der Waals surface area contributed by atoms with E-state index in [-0.39, 0.29) is 5.91 Å². The molecule has 4 N–H and O–H groups in total. The van der Waals surface area contributed by atoms with E-state index in [9.17, 15) is 4.79 Å². The summed E-state index contributed by atoms with van der Waals surface area (Å²) in [6.07, 6.45) is 2.40. The van der Waals surface area contributed by atoms with Crippen molar-refractivity contribution in [2.24, 2.45) is 5.84 Å². The third-order valence-corrected chi connectivity index (χ3v) is 4.05. The van der Waals surface area contributed by atoms with E-state index in [0.29, 0.717) is 11.6 Å². The van der Waals surface area contributed by atoms with Crippen molar-refractivity contribution < 1.29 is 4.79 Å². The molecule has 1 heterocycles. The molecule has 0 aromatic heterocycles. The predicted molar refractivity (Wildman–Crippen MR) is 81.6 cm³/mol. The molecule has 1 aliphatic rings. The van der Waals surface area contributed by atoms with Gasteiger partial charge in [-0.15, -0.1) is 0 Å². The fourth-order valence-electron chi connectivity index (χ4n) is 2.82. The molecule has 0 bridgehead atoms. The van der Waals surface area contributed by atoms with Crippen LogP contribution in [0.1, 0.15) is 35.7 Å². The number of nitrogens with one attached hydrogen (secondary N) is 2. The zero-order valence-electron chi connectivity index (χ0n) is 12.3. The first-order valence-corrected chi connectivity index (χ1v) is 7.25. The summed E-state index contributed by atoms with van der Waals surface area (Å²) in [6, 6.07) is 5.97. The Bertz CT molecular complexity index is 475. The molecule has 5 heteroatoms. The fourth-order valence-corrected chi connectivity index (χ4v) is 2.82. The summed E-state index contributed by atoms with van der Waals surface area (Å²) in [5.74, 6) is 5.38. The second-order valence-corrected chi connectivity index (χ2v) is 5.31. The van der Waals surface area contributed by atoms with Crippen LogP contribution in [0.25, 0.3) is 0 Å². The summed E-state index contributed by atoms with van der Waals surface area (Å²) in [4.78, 5) is 14.6. The van der Waals surface area contributed by atoms with Gasteiger partial charge in [-0.25, -0.2) is 0 Å². The third kappa shape index (κ3) is 3.29. The van der Waals surface area contributed by atoms with E-state index in [0.717, 1.165) is 30.9 Å². The standard InChI is InChI=1S/C15H24N4O/c1-3-19-8-4-5-13(19)10-17-15(20)12-6-7-14(18-16)11(2)9-12/h6-7,9,13,18H,3-5,8,10,16H2,1-2H3,(H,17,20). The number of hydrogen-bond acceptors (Lipinski definition) is 4. The first-order valence-electron chi connectivity index (χ1n) is 7.25. The first-order chi connectivity index (χ1) is 9.65. The number of nitrogens with two attached hydrogens (primary N) is 1. The van der Waals surface area contributed by atoms with Gasteiger partial charge < -0.3 is 10.7 Å².